The summed E-state index contributed by atoms with van der Waals surface area (Å²) >= 11 is 21.7. The Balaban J connectivity index is 1.43. The highest BCUT2D eigenvalue weighted by Gasteiger charge is 2.77. The number of anilines is 2. The van der Waals surface area contributed by atoms with Gasteiger partial charge in [-0.15, -0.1) is 23.2 Å². The molecule has 2 saturated heterocycles. The number of carbonyl (C=O) groups is 4. The molecule has 1 saturated carbocycles. The van der Waals surface area contributed by atoms with E-state index in [1.165, 1.54) is 49.6 Å². The fourth-order valence-electron chi connectivity index (χ4n) is 7.80. The van der Waals surface area contributed by atoms with Gasteiger partial charge in [-0.05, 0) is 104 Å². The molecule has 16 heteroatoms. The van der Waals surface area contributed by atoms with E-state index in [-0.39, 0.29) is 50.1 Å². The number of hydrogen-bond acceptors (Lipinski definition) is 8. The maximum Gasteiger partial charge on any atom is 0.488 e. The van der Waals surface area contributed by atoms with Gasteiger partial charge in [0.2, 0.25) is 11.8 Å². The Morgan fingerprint density at radius 3 is 2.27 bits per heavy atom. The van der Waals surface area contributed by atoms with E-state index >= 15 is 0 Å². The summed E-state index contributed by atoms with van der Waals surface area (Å²) in [6.45, 7) is 0. The maximum atomic E-state index is 14.6. The first-order valence-electron chi connectivity index (χ1n) is 15.0. The number of hydrogen-bond donors (Lipinski definition) is 3. The van der Waals surface area contributed by atoms with Gasteiger partial charge >= 0.3 is 7.12 Å². The number of phenolic OH excluding ortho intramolecular Hbond substituents is 1. The van der Waals surface area contributed by atoms with Crippen molar-refractivity contribution in [2.75, 3.05) is 16.9 Å². The average Bonchev–Trinajstić information content (AvgIpc) is 3.42. The van der Waals surface area contributed by atoms with E-state index in [4.69, 9.17) is 27.9 Å². The summed E-state index contributed by atoms with van der Waals surface area (Å²) in [7, 11) is -0.511. The number of methoxy groups -OCH3 is 1. The minimum absolute atomic E-state index is 0.0123. The molecule has 4 aliphatic rings. The van der Waals surface area contributed by atoms with Crippen LogP contribution in [0.25, 0.3) is 0 Å². The van der Waals surface area contributed by atoms with Gasteiger partial charge in [-0.3, -0.25) is 24.1 Å². The fraction of sp³-hybridized carbons (Fsp3) is 0.273. The van der Waals surface area contributed by atoms with Crippen LogP contribution in [0.4, 0.5) is 15.8 Å². The molecule has 10 nitrogen and oxygen atoms in total. The molecule has 6 unspecified atom stereocenters. The molecule has 0 spiro atoms. The van der Waals surface area contributed by atoms with E-state index in [1.54, 1.807) is 6.08 Å². The lowest BCUT2D eigenvalue weighted by Gasteiger charge is -2.51. The number of allylic oxidation sites excluding steroid dienone is 2. The van der Waals surface area contributed by atoms with Crippen LogP contribution in [0, 0.1) is 23.6 Å². The largest absolute Gasteiger partial charge is 0.503 e. The summed E-state index contributed by atoms with van der Waals surface area (Å²) in [5.74, 6) is -7.69. The number of halogens is 5. The second-order valence-corrected chi connectivity index (χ2v) is 15.2. The molecule has 7 rings (SSSR count). The zero-order valence-electron chi connectivity index (χ0n) is 25.2. The van der Waals surface area contributed by atoms with Crippen molar-refractivity contribution in [1.29, 1.82) is 0 Å². The van der Waals surface area contributed by atoms with E-state index in [2.05, 4.69) is 31.9 Å². The minimum atomic E-state index is -2.21. The van der Waals surface area contributed by atoms with Gasteiger partial charge in [0.25, 0.3) is 11.8 Å². The SMILES string of the molecule is COc1cc(C2C3=CCC4C(=O)N(c5cccc(B(O)O)c5)C(=O)C4C3CC3(Cl)C(=O)N(c4ccc(F)cc4)C(=O)C23Cl)c(Br)c(Br)c1O. The number of phenols is 1. The summed E-state index contributed by atoms with van der Waals surface area (Å²) < 4.78 is 19.8. The molecule has 6 atom stereocenters. The van der Waals surface area contributed by atoms with E-state index in [0.29, 0.717) is 11.1 Å². The van der Waals surface area contributed by atoms with E-state index < -0.39 is 70.0 Å². The minimum Gasteiger partial charge on any atom is -0.503 e. The highest BCUT2D eigenvalue weighted by atomic mass is 79.9. The summed E-state index contributed by atoms with van der Waals surface area (Å²) in [4.78, 5) is 54.7. The summed E-state index contributed by atoms with van der Waals surface area (Å²) in [5, 5.41) is 30.2. The number of ether oxygens (including phenoxy) is 1. The topological polar surface area (TPSA) is 145 Å². The smallest absolute Gasteiger partial charge is 0.488 e. The second kappa shape index (κ2) is 11.9. The number of imide groups is 2. The van der Waals surface area contributed by atoms with Crippen LogP contribution in [0.1, 0.15) is 24.3 Å². The molecule has 0 aromatic heterocycles. The molecular weight excluding hydrogens is 813 g/mol. The van der Waals surface area contributed by atoms with E-state index in [9.17, 15) is 38.7 Å². The van der Waals surface area contributed by atoms with Gasteiger partial charge in [0, 0.05) is 10.4 Å². The van der Waals surface area contributed by atoms with Crippen LogP contribution in [-0.4, -0.2) is 62.8 Å². The van der Waals surface area contributed by atoms with Crippen molar-refractivity contribution in [2.24, 2.45) is 17.8 Å². The van der Waals surface area contributed by atoms with Crippen molar-refractivity contribution < 1.29 is 43.5 Å². The first-order chi connectivity index (χ1) is 23.2. The summed E-state index contributed by atoms with van der Waals surface area (Å²) in [6.07, 6.45) is 1.52. The molecule has 0 radical (unpaired) electrons. The molecule has 3 N–H and O–H groups in total. The molecule has 2 heterocycles. The van der Waals surface area contributed by atoms with Gasteiger partial charge in [-0.1, -0.05) is 23.8 Å². The molecule has 2 aliphatic carbocycles. The Hall–Kier alpha value is -3.27. The number of nitrogens with zero attached hydrogens (tertiary/aromatic N) is 2. The van der Waals surface area contributed by atoms with Crippen LogP contribution >= 0.6 is 55.1 Å². The monoisotopic (exact) mass is 834 g/mol. The Morgan fingerprint density at radius 2 is 1.61 bits per heavy atom. The second-order valence-electron chi connectivity index (χ2n) is 12.4. The molecule has 49 heavy (non-hydrogen) atoms. The van der Waals surface area contributed by atoms with Gasteiger partial charge in [0.15, 0.2) is 21.2 Å². The average molecular weight is 837 g/mol. The van der Waals surface area contributed by atoms with Crippen LogP contribution < -0.4 is 20.0 Å². The van der Waals surface area contributed by atoms with Gasteiger partial charge in [-0.25, -0.2) is 9.29 Å². The third-order valence-corrected chi connectivity index (χ3v) is 13.6. The molecule has 252 valence electrons. The Labute approximate surface area is 305 Å². The summed E-state index contributed by atoms with van der Waals surface area (Å²) in [6, 6.07) is 11.9. The molecule has 3 aromatic carbocycles. The first-order valence-corrected chi connectivity index (χ1v) is 17.3. The number of carbonyl (C=O) groups excluding carboxylic acids is 4. The van der Waals surface area contributed by atoms with Crippen molar-refractivity contribution in [2.45, 2.75) is 28.5 Å². The molecule has 2 aliphatic heterocycles. The van der Waals surface area contributed by atoms with Gasteiger partial charge in [-0.2, -0.15) is 0 Å². The first kappa shape index (κ1) is 34.2. The number of benzene rings is 3. The van der Waals surface area contributed by atoms with Crippen LogP contribution in [0.15, 0.2) is 75.2 Å². The highest BCUT2D eigenvalue weighted by molar-refractivity contribution is 9.13. The third-order valence-electron chi connectivity index (χ3n) is 10.0. The van der Waals surface area contributed by atoms with Crippen molar-refractivity contribution in [1.82, 2.24) is 0 Å². The van der Waals surface area contributed by atoms with Crippen molar-refractivity contribution in [3.8, 4) is 11.5 Å². The zero-order valence-corrected chi connectivity index (χ0v) is 29.9. The van der Waals surface area contributed by atoms with E-state index in [1.807, 2.05) is 0 Å². The van der Waals surface area contributed by atoms with Gasteiger partial charge in [0.05, 0.1) is 34.8 Å². The molecular formula is C33H24BBr2Cl2FN2O8. The number of aromatic hydroxyl groups is 1. The van der Waals surface area contributed by atoms with Crippen molar-refractivity contribution >= 4 is 103 Å². The van der Waals surface area contributed by atoms with Crippen LogP contribution in [0.2, 0.25) is 0 Å². The van der Waals surface area contributed by atoms with E-state index in [0.717, 1.165) is 21.9 Å². The zero-order chi connectivity index (χ0) is 35.3. The maximum absolute atomic E-state index is 14.6. The predicted octanol–water partition coefficient (Wildman–Crippen LogP) is 4.51. The van der Waals surface area contributed by atoms with Crippen molar-refractivity contribution in [3.63, 3.8) is 0 Å². The highest BCUT2D eigenvalue weighted by Crippen LogP contribution is 2.67. The number of fused-ring (bicyclic) bond motifs is 4. The molecule has 4 amide bonds. The van der Waals surface area contributed by atoms with Crippen LogP contribution in [0.3, 0.4) is 0 Å². The lowest BCUT2D eigenvalue weighted by molar-refractivity contribution is -0.125. The van der Waals surface area contributed by atoms with Crippen molar-refractivity contribution in [3.05, 3.63) is 86.6 Å². The standard InChI is InChI=1S/C33H24BBr2Cl2FN2O8/c1-49-22-12-20(25(35)26(36)27(22)42)24-18-9-10-19-23(29(44)40(28(19)43)17-4-2-3-14(11-17)34(47)48)21(18)13-32(37)30(45)41(31(46)33(24,32)38)16-7-5-15(39)6-8-16/h2-9,11-12,19,21,23-24,42,47-48H,10,13H2,1H3. The number of rotatable bonds is 5. The Bertz CT molecular complexity index is 2020. The predicted molar refractivity (Wildman–Crippen MR) is 185 cm³/mol. The Morgan fingerprint density at radius 1 is 0.918 bits per heavy atom. The summed E-state index contributed by atoms with van der Waals surface area (Å²) in [5.41, 5.74) is 1.03. The fourth-order valence-corrected chi connectivity index (χ4v) is 9.68. The van der Waals surface area contributed by atoms with Gasteiger partial charge < -0.3 is 19.9 Å². The molecule has 3 aromatic rings. The Kier molecular flexibility index (Phi) is 8.32. The van der Waals surface area contributed by atoms with Gasteiger partial charge in [0.1, 0.15) is 5.82 Å². The lowest BCUT2D eigenvalue weighted by atomic mass is 9.56. The molecule has 3 fully saturated rings. The third kappa shape index (κ3) is 4.71. The van der Waals surface area contributed by atoms with Crippen LogP contribution in [-0.2, 0) is 19.2 Å². The number of amides is 4. The van der Waals surface area contributed by atoms with Crippen LogP contribution in [0.5, 0.6) is 11.5 Å². The molecule has 0 bridgehead atoms. The normalized spacial score (nSPS) is 29.1. The number of alkyl halides is 2. The lowest BCUT2D eigenvalue weighted by Crippen LogP contribution is -2.60. The quantitative estimate of drug-likeness (QED) is 0.148.